The van der Waals surface area contributed by atoms with Crippen LogP contribution < -0.4 is 19.7 Å². The zero-order valence-corrected chi connectivity index (χ0v) is 20.7. The molecule has 0 saturated carbocycles. The van der Waals surface area contributed by atoms with Crippen molar-refractivity contribution < 1.29 is 22.7 Å². The number of rotatable bonds is 10. The lowest BCUT2D eigenvalue weighted by atomic mass is 10.1. The van der Waals surface area contributed by atoms with Gasteiger partial charge >= 0.3 is 0 Å². The number of nitrogens with zero attached hydrogens (tertiary/aromatic N) is 1. The number of anilines is 2. The maximum Gasteiger partial charge on any atom is 0.253 e. The van der Waals surface area contributed by atoms with Gasteiger partial charge in [-0.3, -0.25) is 13.9 Å². The van der Waals surface area contributed by atoms with Crippen LogP contribution in [-0.2, 0) is 14.8 Å². The fraction of sp³-hybridized carbons (Fsp3) is 0.231. The number of hydrogen-bond acceptors (Lipinski definition) is 5. The van der Waals surface area contributed by atoms with Crippen LogP contribution in [0.2, 0.25) is 0 Å². The van der Waals surface area contributed by atoms with Gasteiger partial charge in [-0.1, -0.05) is 37.3 Å². The van der Waals surface area contributed by atoms with Crippen LogP contribution in [0.1, 0.15) is 30.6 Å². The molecule has 0 aliphatic heterocycles. The molecule has 2 N–H and O–H groups in total. The molecule has 0 unspecified atom stereocenters. The van der Waals surface area contributed by atoms with Crippen molar-refractivity contribution in [3.63, 3.8) is 0 Å². The lowest BCUT2D eigenvalue weighted by molar-refractivity contribution is -0.116. The van der Waals surface area contributed by atoms with Gasteiger partial charge in [0.15, 0.2) is 0 Å². The second-order valence-corrected chi connectivity index (χ2v) is 9.79. The van der Waals surface area contributed by atoms with Crippen molar-refractivity contribution >= 4 is 33.2 Å². The molecule has 0 aliphatic rings. The Morgan fingerprint density at radius 2 is 1.51 bits per heavy atom. The predicted molar refractivity (Wildman–Crippen MR) is 137 cm³/mol. The molecule has 0 saturated heterocycles. The molecule has 0 bridgehead atoms. The molecule has 0 spiro atoms. The van der Waals surface area contributed by atoms with E-state index in [1.807, 2.05) is 37.3 Å². The van der Waals surface area contributed by atoms with E-state index in [1.165, 1.54) is 6.92 Å². The SMILES string of the molecule is CCCNC(=O)c1ccccc1NC(=O)[C@H](C)N(c1ccc(Oc2ccccc2)cc1)S(C)(=O)=O. The third-order valence-corrected chi connectivity index (χ3v) is 6.37. The minimum atomic E-state index is -3.81. The van der Waals surface area contributed by atoms with Gasteiger partial charge in [0, 0.05) is 6.54 Å². The van der Waals surface area contributed by atoms with Gasteiger partial charge in [-0.25, -0.2) is 8.42 Å². The summed E-state index contributed by atoms with van der Waals surface area (Å²) in [5.74, 6) is 0.285. The summed E-state index contributed by atoms with van der Waals surface area (Å²) >= 11 is 0. The maximum absolute atomic E-state index is 13.1. The van der Waals surface area contributed by atoms with Gasteiger partial charge < -0.3 is 15.4 Å². The summed E-state index contributed by atoms with van der Waals surface area (Å²) in [7, 11) is -3.81. The second kappa shape index (κ2) is 11.5. The molecule has 0 fully saturated rings. The van der Waals surface area contributed by atoms with E-state index in [0.29, 0.717) is 35.0 Å². The van der Waals surface area contributed by atoms with Crippen molar-refractivity contribution in [2.75, 3.05) is 22.4 Å². The number of sulfonamides is 1. The molecule has 1 atom stereocenters. The second-order valence-electron chi connectivity index (χ2n) is 7.93. The molecular weight excluding hydrogens is 466 g/mol. The highest BCUT2D eigenvalue weighted by atomic mass is 32.2. The molecule has 9 heteroatoms. The van der Waals surface area contributed by atoms with Crippen molar-refractivity contribution in [1.29, 1.82) is 0 Å². The number of carbonyl (C=O) groups excluding carboxylic acids is 2. The molecule has 0 aromatic heterocycles. The van der Waals surface area contributed by atoms with Crippen molar-refractivity contribution in [2.45, 2.75) is 26.3 Å². The van der Waals surface area contributed by atoms with Gasteiger partial charge in [-0.05, 0) is 61.9 Å². The first-order valence-electron chi connectivity index (χ1n) is 11.2. The van der Waals surface area contributed by atoms with Gasteiger partial charge in [-0.15, -0.1) is 0 Å². The van der Waals surface area contributed by atoms with Gasteiger partial charge in [0.1, 0.15) is 17.5 Å². The van der Waals surface area contributed by atoms with Crippen LogP contribution in [0.25, 0.3) is 0 Å². The average molecular weight is 496 g/mol. The van der Waals surface area contributed by atoms with E-state index in [0.717, 1.165) is 17.0 Å². The molecule has 35 heavy (non-hydrogen) atoms. The summed E-state index contributed by atoms with van der Waals surface area (Å²) in [6.45, 7) is 3.93. The van der Waals surface area contributed by atoms with Crippen LogP contribution >= 0.6 is 0 Å². The predicted octanol–water partition coefficient (Wildman–Crippen LogP) is 4.41. The molecule has 0 aliphatic carbocycles. The van der Waals surface area contributed by atoms with E-state index in [4.69, 9.17) is 4.74 Å². The Hall–Kier alpha value is -3.85. The molecule has 184 valence electrons. The zero-order valence-electron chi connectivity index (χ0n) is 19.9. The van der Waals surface area contributed by atoms with E-state index >= 15 is 0 Å². The minimum Gasteiger partial charge on any atom is -0.457 e. The van der Waals surface area contributed by atoms with Crippen molar-refractivity contribution in [1.82, 2.24) is 5.32 Å². The molecule has 0 heterocycles. The fourth-order valence-corrected chi connectivity index (χ4v) is 4.63. The molecule has 3 aromatic rings. The van der Waals surface area contributed by atoms with E-state index in [9.17, 15) is 18.0 Å². The smallest absolute Gasteiger partial charge is 0.253 e. The standard InChI is InChI=1S/C26H29N3O5S/c1-4-18-27-26(31)23-12-8-9-13-24(23)28-25(30)19(2)29(35(3,32)33)20-14-16-22(17-15-20)34-21-10-6-5-7-11-21/h5-17,19H,4,18H2,1-3H3,(H,27,31)(H,28,30)/t19-/m0/s1. The van der Waals surface area contributed by atoms with Crippen LogP contribution in [0, 0.1) is 0 Å². The number of benzene rings is 3. The Labute approximate surface area is 206 Å². The molecule has 3 rings (SSSR count). The molecular formula is C26H29N3O5S. The van der Waals surface area contributed by atoms with Crippen LogP contribution in [0.3, 0.4) is 0 Å². The fourth-order valence-electron chi connectivity index (χ4n) is 3.46. The number of amides is 2. The maximum atomic E-state index is 13.1. The number of para-hydroxylation sites is 2. The number of hydrogen-bond donors (Lipinski definition) is 2. The van der Waals surface area contributed by atoms with Crippen LogP contribution in [0.15, 0.2) is 78.9 Å². The topological polar surface area (TPSA) is 105 Å². The van der Waals surface area contributed by atoms with Crippen LogP contribution in [0.4, 0.5) is 11.4 Å². The minimum absolute atomic E-state index is 0.301. The molecule has 2 amide bonds. The number of nitrogens with one attached hydrogen (secondary N) is 2. The first-order chi connectivity index (χ1) is 16.7. The summed E-state index contributed by atoms with van der Waals surface area (Å²) in [6, 6.07) is 21.1. The first-order valence-corrected chi connectivity index (χ1v) is 13.1. The highest BCUT2D eigenvalue weighted by Crippen LogP contribution is 2.27. The van der Waals surface area contributed by atoms with E-state index in [1.54, 1.807) is 48.5 Å². The highest BCUT2D eigenvalue weighted by molar-refractivity contribution is 7.92. The van der Waals surface area contributed by atoms with Gasteiger partial charge in [-0.2, -0.15) is 0 Å². The van der Waals surface area contributed by atoms with Crippen LogP contribution in [0.5, 0.6) is 11.5 Å². The van der Waals surface area contributed by atoms with Crippen molar-refractivity contribution in [2.24, 2.45) is 0 Å². The summed E-state index contributed by atoms with van der Waals surface area (Å²) in [6.07, 6.45) is 1.81. The van der Waals surface area contributed by atoms with Crippen molar-refractivity contribution in [3.05, 3.63) is 84.4 Å². The third-order valence-electron chi connectivity index (χ3n) is 5.12. The quantitative estimate of drug-likeness (QED) is 0.433. The first kappa shape index (κ1) is 25.8. The lowest BCUT2D eigenvalue weighted by Gasteiger charge is -2.28. The Morgan fingerprint density at radius 1 is 0.914 bits per heavy atom. The normalized spacial score (nSPS) is 11.9. The zero-order chi connectivity index (χ0) is 25.4. The molecule has 3 aromatic carbocycles. The monoisotopic (exact) mass is 495 g/mol. The highest BCUT2D eigenvalue weighted by Gasteiger charge is 2.30. The van der Waals surface area contributed by atoms with Crippen molar-refractivity contribution in [3.8, 4) is 11.5 Å². The number of carbonyl (C=O) groups is 2. The van der Waals surface area contributed by atoms with Gasteiger partial charge in [0.25, 0.3) is 5.91 Å². The third kappa shape index (κ3) is 6.83. The van der Waals surface area contributed by atoms with Gasteiger partial charge in [0.05, 0.1) is 23.2 Å². The Morgan fingerprint density at radius 3 is 2.14 bits per heavy atom. The summed E-state index contributed by atoms with van der Waals surface area (Å²) in [5, 5.41) is 5.48. The largest absolute Gasteiger partial charge is 0.457 e. The summed E-state index contributed by atoms with van der Waals surface area (Å²) in [5.41, 5.74) is 0.914. The van der Waals surface area contributed by atoms with E-state index in [-0.39, 0.29) is 5.91 Å². The Balaban J connectivity index is 1.80. The lowest BCUT2D eigenvalue weighted by Crippen LogP contribution is -2.45. The van der Waals surface area contributed by atoms with E-state index < -0.39 is 22.0 Å². The molecule has 8 nitrogen and oxygen atoms in total. The van der Waals surface area contributed by atoms with E-state index in [2.05, 4.69) is 10.6 Å². The Bertz CT molecular complexity index is 1260. The summed E-state index contributed by atoms with van der Waals surface area (Å²) in [4.78, 5) is 25.6. The number of ether oxygens (including phenoxy) is 1. The van der Waals surface area contributed by atoms with Gasteiger partial charge in [0.2, 0.25) is 15.9 Å². The average Bonchev–Trinajstić information content (AvgIpc) is 2.84. The van der Waals surface area contributed by atoms with Crippen LogP contribution in [-0.4, -0.2) is 39.1 Å². The summed E-state index contributed by atoms with van der Waals surface area (Å²) < 4.78 is 32.1. The Kier molecular flexibility index (Phi) is 8.48. The molecule has 0 radical (unpaired) electrons.